The van der Waals surface area contributed by atoms with Crippen LogP contribution in [0, 0.1) is 5.41 Å². The van der Waals surface area contributed by atoms with Crippen molar-refractivity contribution in [3.63, 3.8) is 0 Å². The summed E-state index contributed by atoms with van der Waals surface area (Å²) >= 11 is 0. The van der Waals surface area contributed by atoms with Crippen LogP contribution in [0.15, 0.2) is 24.3 Å². The second-order valence-corrected chi connectivity index (χ2v) is 4.93. The van der Waals surface area contributed by atoms with Gasteiger partial charge in [-0.15, -0.1) is 0 Å². The Morgan fingerprint density at radius 1 is 1.29 bits per heavy atom. The molecule has 0 bridgehead atoms. The molecule has 0 radical (unpaired) electrons. The van der Waals surface area contributed by atoms with Crippen LogP contribution in [0.3, 0.4) is 0 Å². The predicted molar refractivity (Wildman–Crippen MR) is 69.4 cm³/mol. The van der Waals surface area contributed by atoms with Gasteiger partial charge in [0.15, 0.2) is 5.78 Å². The molecule has 0 aliphatic heterocycles. The van der Waals surface area contributed by atoms with Gasteiger partial charge >= 0.3 is 0 Å². The van der Waals surface area contributed by atoms with Crippen LogP contribution in [0.4, 0.5) is 0 Å². The third-order valence-corrected chi connectivity index (χ3v) is 2.68. The lowest BCUT2D eigenvalue weighted by atomic mass is 9.86. The smallest absolute Gasteiger partial charge is 0.163 e. The molecular formula is C14H21NO2. The van der Waals surface area contributed by atoms with Crippen LogP contribution in [0.25, 0.3) is 0 Å². The Labute approximate surface area is 103 Å². The minimum absolute atomic E-state index is 0.128. The van der Waals surface area contributed by atoms with E-state index in [-0.39, 0.29) is 11.2 Å². The zero-order chi connectivity index (χ0) is 12.9. The molecule has 1 aromatic carbocycles. The van der Waals surface area contributed by atoms with Gasteiger partial charge in [0.2, 0.25) is 0 Å². The Kier molecular flexibility index (Phi) is 4.70. The van der Waals surface area contributed by atoms with Crippen LogP contribution in [0.5, 0.6) is 5.75 Å². The lowest BCUT2D eigenvalue weighted by Crippen LogP contribution is -2.26. The standard InChI is InChI=1S/C14H21NO2/c1-4-17-12-7-5-11(6-8-12)13(16)9-14(2,3)10-15/h5-8H,4,9-10,15H2,1-3H3. The van der Waals surface area contributed by atoms with Gasteiger partial charge in [0.05, 0.1) is 6.61 Å². The highest BCUT2D eigenvalue weighted by Crippen LogP contribution is 2.22. The number of carbonyl (C=O) groups is 1. The van der Waals surface area contributed by atoms with Crippen molar-refractivity contribution in [1.82, 2.24) is 0 Å². The van der Waals surface area contributed by atoms with Gasteiger partial charge < -0.3 is 10.5 Å². The highest BCUT2D eigenvalue weighted by molar-refractivity contribution is 5.96. The molecule has 1 rings (SSSR count). The first kappa shape index (κ1) is 13.7. The third kappa shape index (κ3) is 4.19. The molecule has 0 saturated heterocycles. The predicted octanol–water partition coefficient (Wildman–Crippen LogP) is 2.64. The van der Waals surface area contributed by atoms with Gasteiger partial charge in [-0.25, -0.2) is 0 Å². The summed E-state index contributed by atoms with van der Waals surface area (Å²) in [6, 6.07) is 7.26. The number of rotatable bonds is 6. The maximum Gasteiger partial charge on any atom is 0.163 e. The number of ketones is 1. The normalized spacial score (nSPS) is 11.3. The van der Waals surface area contributed by atoms with Crippen molar-refractivity contribution in [2.45, 2.75) is 27.2 Å². The van der Waals surface area contributed by atoms with E-state index < -0.39 is 0 Å². The molecule has 3 heteroatoms. The van der Waals surface area contributed by atoms with E-state index in [0.717, 1.165) is 11.3 Å². The first-order valence-corrected chi connectivity index (χ1v) is 5.94. The van der Waals surface area contributed by atoms with E-state index in [4.69, 9.17) is 10.5 Å². The zero-order valence-corrected chi connectivity index (χ0v) is 10.8. The molecule has 1 aromatic rings. The van der Waals surface area contributed by atoms with Crippen LogP contribution in [0.1, 0.15) is 37.6 Å². The van der Waals surface area contributed by atoms with Crippen LogP contribution < -0.4 is 10.5 Å². The second-order valence-electron chi connectivity index (χ2n) is 4.93. The molecule has 3 nitrogen and oxygen atoms in total. The molecule has 0 aromatic heterocycles. The Morgan fingerprint density at radius 2 is 1.88 bits per heavy atom. The molecule has 0 atom stereocenters. The molecule has 0 spiro atoms. The Bertz CT molecular complexity index is 368. The summed E-state index contributed by atoms with van der Waals surface area (Å²) in [5, 5.41) is 0. The van der Waals surface area contributed by atoms with E-state index in [2.05, 4.69) is 0 Å². The molecule has 17 heavy (non-hydrogen) atoms. The van der Waals surface area contributed by atoms with Crippen molar-refractivity contribution in [2.75, 3.05) is 13.2 Å². The van der Waals surface area contributed by atoms with Crippen molar-refractivity contribution >= 4 is 5.78 Å². The Morgan fingerprint density at radius 3 is 2.35 bits per heavy atom. The maximum atomic E-state index is 12.0. The van der Waals surface area contributed by atoms with E-state index in [1.54, 1.807) is 12.1 Å². The number of Topliss-reactive ketones (excluding diaryl/α,β-unsaturated/α-hetero) is 1. The summed E-state index contributed by atoms with van der Waals surface area (Å²) in [5.41, 5.74) is 6.20. The Hall–Kier alpha value is -1.35. The first-order valence-electron chi connectivity index (χ1n) is 5.94. The van der Waals surface area contributed by atoms with Crippen molar-refractivity contribution in [3.05, 3.63) is 29.8 Å². The van der Waals surface area contributed by atoms with E-state index in [1.165, 1.54) is 0 Å². The maximum absolute atomic E-state index is 12.0. The number of nitrogens with two attached hydrogens (primary N) is 1. The molecule has 0 aliphatic carbocycles. The topological polar surface area (TPSA) is 52.3 Å². The fourth-order valence-electron chi connectivity index (χ4n) is 1.51. The van der Waals surface area contributed by atoms with Crippen molar-refractivity contribution in [1.29, 1.82) is 0 Å². The Balaban J connectivity index is 2.70. The second kappa shape index (κ2) is 5.82. The van der Waals surface area contributed by atoms with Gasteiger partial charge in [-0.05, 0) is 43.1 Å². The van der Waals surface area contributed by atoms with Crippen molar-refractivity contribution in [3.8, 4) is 5.75 Å². The lowest BCUT2D eigenvalue weighted by molar-refractivity contribution is 0.0935. The van der Waals surface area contributed by atoms with Crippen molar-refractivity contribution in [2.24, 2.45) is 11.1 Å². The monoisotopic (exact) mass is 235 g/mol. The number of hydrogen-bond acceptors (Lipinski definition) is 3. The molecule has 94 valence electrons. The summed E-state index contributed by atoms with van der Waals surface area (Å²) in [6.45, 7) is 7.07. The number of ether oxygens (including phenoxy) is 1. The first-order chi connectivity index (χ1) is 7.98. The van der Waals surface area contributed by atoms with Gasteiger partial charge in [-0.2, -0.15) is 0 Å². The molecule has 0 amide bonds. The van der Waals surface area contributed by atoms with E-state index in [9.17, 15) is 4.79 Å². The van der Waals surface area contributed by atoms with Crippen LogP contribution in [-0.2, 0) is 0 Å². The lowest BCUT2D eigenvalue weighted by Gasteiger charge is -2.21. The SMILES string of the molecule is CCOc1ccc(C(=O)CC(C)(C)CN)cc1. The van der Waals surface area contributed by atoms with E-state index >= 15 is 0 Å². The minimum Gasteiger partial charge on any atom is -0.494 e. The molecule has 0 heterocycles. The fraction of sp³-hybridized carbons (Fsp3) is 0.500. The largest absolute Gasteiger partial charge is 0.494 e. The fourth-order valence-corrected chi connectivity index (χ4v) is 1.51. The third-order valence-electron chi connectivity index (χ3n) is 2.68. The summed E-state index contributed by atoms with van der Waals surface area (Å²) in [5.74, 6) is 0.922. The molecule has 0 saturated carbocycles. The number of carbonyl (C=O) groups excluding carboxylic acids is 1. The highest BCUT2D eigenvalue weighted by atomic mass is 16.5. The van der Waals surface area contributed by atoms with Gasteiger partial charge in [0.1, 0.15) is 5.75 Å². The minimum atomic E-state index is -0.143. The van der Waals surface area contributed by atoms with E-state index in [0.29, 0.717) is 19.6 Å². The van der Waals surface area contributed by atoms with Gasteiger partial charge in [-0.3, -0.25) is 4.79 Å². The quantitative estimate of drug-likeness (QED) is 0.771. The highest BCUT2D eigenvalue weighted by Gasteiger charge is 2.20. The average molecular weight is 235 g/mol. The summed E-state index contributed by atoms with van der Waals surface area (Å²) in [6.07, 6.45) is 0.470. The molecule has 0 fully saturated rings. The summed E-state index contributed by atoms with van der Waals surface area (Å²) in [4.78, 5) is 12.0. The molecule has 0 aliphatic rings. The molecule has 2 N–H and O–H groups in total. The van der Waals surface area contributed by atoms with Crippen molar-refractivity contribution < 1.29 is 9.53 Å². The average Bonchev–Trinajstić information content (AvgIpc) is 2.30. The molecule has 0 unspecified atom stereocenters. The van der Waals surface area contributed by atoms with Gasteiger partial charge in [0, 0.05) is 12.0 Å². The zero-order valence-electron chi connectivity index (χ0n) is 10.8. The van der Waals surface area contributed by atoms with Gasteiger partial charge in [0.25, 0.3) is 0 Å². The molecular weight excluding hydrogens is 214 g/mol. The van der Waals surface area contributed by atoms with Gasteiger partial charge in [-0.1, -0.05) is 13.8 Å². The van der Waals surface area contributed by atoms with Crippen LogP contribution in [0.2, 0.25) is 0 Å². The number of hydrogen-bond donors (Lipinski definition) is 1. The number of benzene rings is 1. The van der Waals surface area contributed by atoms with Crippen LogP contribution >= 0.6 is 0 Å². The summed E-state index contributed by atoms with van der Waals surface area (Å²) < 4.78 is 5.33. The van der Waals surface area contributed by atoms with Crippen LogP contribution in [-0.4, -0.2) is 18.9 Å². The van der Waals surface area contributed by atoms with E-state index in [1.807, 2.05) is 32.9 Å². The summed E-state index contributed by atoms with van der Waals surface area (Å²) in [7, 11) is 0.